The fraction of sp³-hybridized carbons (Fsp3) is 0.400. The number of hydrogen-bond donors (Lipinski definition) is 2. The number of pyridine rings is 1. The summed E-state index contributed by atoms with van der Waals surface area (Å²) in [6, 6.07) is 14.2. The second-order valence-electron chi connectivity index (χ2n) is 6.96. The third kappa shape index (κ3) is 5.77. The van der Waals surface area contributed by atoms with Gasteiger partial charge in [-0.2, -0.15) is 0 Å². The Morgan fingerprint density at radius 3 is 2.46 bits per heavy atom. The van der Waals surface area contributed by atoms with Crippen LogP contribution in [0.5, 0.6) is 0 Å². The monoisotopic (exact) mass is 440 g/mol. The molecule has 2 saturated heterocycles. The minimum absolute atomic E-state index is 0. The minimum Gasteiger partial charge on any atom is -0.324 e. The lowest BCUT2D eigenvalue weighted by molar-refractivity contribution is 0.219. The third-order valence-electron chi connectivity index (χ3n) is 5.14. The van der Waals surface area contributed by atoms with Gasteiger partial charge in [-0.1, -0.05) is 6.07 Å². The van der Waals surface area contributed by atoms with Crippen LogP contribution < -0.4 is 10.6 Å². The predicted molar refractivity (Wildman–Crippen MR) is 120 cm³/mol. The van der Waals surface area contributed by atoms with Gasteiger partial charge in [0.05, 0.1) is 0 Å². The van der Waals surface area contributed by atoms with Crippen LogP contribution in [0.1, 0.15) is 5.69 Å². The molecule has 2 aliphatic heterocycles. The maximum absolute atomic E-state index is 12.4. The molecule has 8 heteroatoms. The Hall–Kier alpha value is -1.47. The Labute approximate surface area is 182 Å². The van der Waals surface area contributed by atoms with E-state index in [1.807, 2.05) is 47.1 Å². The first-order valence-corrected chi connectivity index (χ1v) is 10.2. The Bertz CT molecular complexity index is 736. The number of nitrogens with zero attached hydrogens (tertiary/aromatic N) is 2. The summed E-state index contributed by atoms with van der Waals surface area (Å²) in [5.74, 6) is 2.24. The molecule has 0 radical (unpaired) electrons. The molecule has 1 aromatic carbocycles. The molecule has 0 saturated carbocycles. The predicted octanol–water partition coefficient (Wildman–Crippen LogP) is 3.94. The average Bonchev–Trinajstić information content (AvgIpc) is 3.26. The van der Waals surface area contributed by atoms with Crippen LogP contribution in [0.15, 0.2) is 53.6 Å². The van der Waals surface area contributed by atoms with Crippen LogP contribution in [-0.4, -0.2) is 47.8 Å². The number of fused-ring (bicyclic) bond motifs is 1. The Morgan fingerprint density at radius 1 is 1.11 bits per heavy atom. The normalized spacial score (nSPS) is 20.1. The van der Waals surface area contributed by atoms with Crippen molar-refractivity contribution in [3.8, 4) is 0 Å². The quantitative estimate of drug-likeness (QED) is 0.691. The van der Waals surface area contributed by atoms with Gasteiger partial charge >= 0.3 is 6.03 Å². The summed E-state index contributed by atoms with van der Waals surface area (Å²) >= 11 is 1.81. The van der Waals surface area contributed by atoms with Gasteiger partial charge in [0.15, 0.2) is 0 Å². The van der Waals surface area contributed by atoms with E-state index in [-0.39, 0.29) is 30.8 Å². The fourth-order valence-corrected chi connectivity index (χ4v) is 4.55. The largest absolute Gasteiger partial charge is 0.324 e. The van der Waals surface area contributed by atoms with Gasteiger partial charge in [0, 0.05) is 54.4 Å². The van der Waals surface area contributed by atoms with Crippen LogP contribution in [0.25, 0.3) is 0 Å². The van der Waals surface area contributed by atoms with Crippen molar-refractivity contribution < 1.29 is 4.79 Å². The molecule has 2 N–H and O–H groups in total. The molecule has 3 heterocycles. The smallest absolute Gasteiger partial charge is 0.321 e. The van der Waals surface area contributed by atoms with Gasteiger partial charge in [-0.05, 0) is 54.7 Å². The molecule has 1 aromatic heterocycles. The summed E-state index contributed by atoms with van der Waals surface area (Å²) in [7, 11) is 0. The van der Waals surface area contributed by atoms with Gasteiger partial charge in [-0.3, -0.25) is 4.98 Å². The molecule has 0 aliphatic carbocycles. The molecule has 0 unspecified atom stereocenters. The van der Waals surface area contributed by atoms with Gasteiger partial charge in [0.1, 0.15) is 0 Å². The molecular formula is C20H26Cl2N4OS. The van der Waals surface area contributed by atoms with Gasteiger partial charge < -0.3 is 15.5 Å². The van der Waals surface area contributed by atoms with Crippen LogP contribution in [0.2, 0.25) is 0 Å². The molecule has 152 valence electrons. The molecule has 2 atom stereocenters. The summed E-state index contributed by atoms with van der Waals surface area (Å²) in [6.07, 6.45) is 2.79. The summed E-state index contributed by atoms with van der Waals surface area (Å²) in [6.45, 7) is 3.81. The number of urea groups is 1. The summed E-state index contributed by atoms with van der Waals surface area (Å²) < 4.78 is 0. The van der Waals surface area contributed by atoms with Crippen molar-refractivity contribution >= 4 is 48.3 Å². The van der Waals surface area contributed by atoms with Crippen LogP contribution in [-0.2, 0) is 6.42 Å². The number of aryl methyl sites for hydroxylation is 1. The zero-order valence-corrected chi connectivity index (χ0v) is 18.0. The lowest BCUT2D eigenvalue weighted by Gasteiger charge is -2.18. The number of amides is 2. The van der Waals surface area contributed by atoms with Crippen molar-refractivity contribution in [1.29, 1.82) is 0 Å². The first kappa shape index (κ1) is 22.8. The molecule has 0 bridgehead atoms. The van der Waals surface area contributed by atoms with Gasteiger partial charge in [0.2, 0.25) is 0 Å². The molecular weight excluding hydrogens is 415 g/mol. The second kappa shape index (κ2) is 10.9. The van der Waals surface area contributed by atoms with Crippen molar-refractivity contribution in [3.05, 3.63) is 54.4 Å². The lowest BCUT2D eigenvalue weighted by Crippen LogP contribution is -2.35. The van der Waals surface area contributed by atoms with E-state index in [1.54, 1.807) is 0 Å². The van der Waals surface area contributed by atoms with Gasteiger partial charge in [0.25, 0.3) is 0 Å². The van der Waals surface area contributed by atoms with Crippen molar-refractivity contribution in [2.75, 3.05) is 37.2 Å². The number of rotatable bonds is 5. The number of carbonyl (C=O) groups is 1. The second-order valence-corrected chi connectivity index (χ2v) is 8.13. The molecule has 2 fully saturated rings. The Morgan fingerprint density at radius 2 is 1.82 bits per heavy atom. The van der Waals surface area contributed by atoms with Crippen molar-refractivity contribution in [2.45, 2.75) is 11.3 Å². The number of nitrogens with one attached hydrogen (secondary N) is 2. The van der Waals surface area contributed by atoms with E-state index in [9.17, 15) is 4.79 Å². The summed E-state index contributed by atoms with van der Waals surface area (Å²) in [4.78, 5) is 19.9. The SMILES string of the molecule is Cl.Cl.O=C(Nc1ccc(SCCc2ccccn2)cc1)N1C[C@H]2CNC[C@H]2C1. The number of benzene rings is 1. The van der Waals surface area contributed by atoms with E-state index in [0.29, 0.717) is 11.8 Å². The Kier molecular flexibility index (Phi) is 8.89. The van der Waals surface area contributed by atoms with E-state index < -0.39 is 0 Å². The highest BCUT2D eigenvalue weighted by Gasteiger charge is 2.38. The highest BCUT2D eigenvalue weighted by molar-refractivity contribution is 7.99. The standard InChI is InChI=1S/C20H24N4OS.2ClH/c25-20(24-13-15-11-21-12-16(15)14-24)23-18-4-6-19(7-5-18)26-10-8-17-3-1-2-9-22-17;;/h1-7,9,15-16,21H,8,10-14H2,(H,23,25);2*1H/t15-,16+;;. The Balaban J connectivity index is 0.00000140. The molecule has 2 amide bonds. The van der Waals surface area contributed by atoms with E-state index in [2.05, 4.69) is 33.8 Å². The topological polar surface area (TPSA) is 57.3 Å². The van der Waals surface area contributed by atoms with E-state index in [4.69, 9.17) is 0 Å². The van der Waals surface area contributed by atoms with E-state index in [0.717, 1.165) is 49.7 Å². The van der Waals surface area contributed by atoms with E-state index >= 15 is 0 Å². The maximum Gasteiger partial charge on any atom is 0.321 e. The molecule has 2 aliphatic rings. The van der Waals surface area contributed by atoms with Crippen molar-refractivity contribution in [3.63, 3.8) is 0 Å². The molecule has 2 aromatic rings. The highest BCUT2D eigenvalue weighted by Crippen LogP contribution is 2.27. The van der Waals surface area contributed by atoms with Crippen molar-refractivity contribution in [2.24, 2.45) is 11.8 Å². The zero-order valence-electron chi connectivity index (χ0n) is 15.5. The van der Waals surface area contributed by atoms with Gasteiger partial charge in [-0.15, -0.1) is 36.6 Å². The average molecular weight is 441 g/mol. The molecule has 4 rings (SSSR count). The number of carbonyl (C=O) groups excluding carboxylic acids is 1. The van der Waals surface area contributed by atoms with Crippen LogP contribution in [0.4, 0.5) is 10.5 Å². The number of likely N-dealkylation sites (tertiary alicyclic amines) is 1. The van der Waals surface area contributed by atoms with E-state index in [1.165, 1.54) is 4.90 Å². The number of halogens is 2. The van der Waals surface area contributed by atoms with Crippen LogP contribution >= 0.6 is 36.6 Å². The number of hydrogen-bond acceptors (Lipinski definition) is 4. The summed E-state index contributed by atoms with van der Waals surface area (Å²) in [5.41, 5.74) is 1.98. The maximum atomic E-state index is 12.4. The number of aromatic nitrogens is 1. The molecule has 5 nitrogen and oxygen atoms in total. The highest BCUT2D eigenvalue weighted by atomic mass is 35.5. The number of anilines is 1. The summed E-state index contributed by atoms with van der Waals surface area (Å²) in [5, 5.41) is 6.43. The molecule has 28 heavy (non-hydrogen) atoms. The minimum atomic E-state index is 0. The first-order valence-electron chi connectivity index (χ1n) is 9.17. The van der Waals surface area contributed by atoms with Gasteiger partial charge in [-0.25, -0.2) is 4.79 Å². The van der Waals surface area contributed by atoms with Crippen LogP contribution in [0.3, 0.4) is 0 Å². The van der Waals surface area contributed by atoms with Crippen molar-refractivity contribution in [1.82, 2.24) is 15.2 Å². The first-order chi connectivity index (χ1) is 12.8. The molecule has 0 spiro atoms. The van der Waals surface area contributed by atoms with Crippen LogP contribution in [0, 0.1) is 11.8 Å². The third-order valence-corrected chi connectivity index (χ3v) is 6.15. The fourth-order valence-electron chi connectivity index (χ4n) is 3.68. The zero-order chi connectivity index (χ0) is 17.8. The lowest BCUT2D eigenvalue weighted by atomic mass is 10.0. The number of thioether (sulfide) groups is 1.